The third kappa shape index (κ3) is 4.08. The van der Waals surface area contributed by atoms with E-state index in [4.69, 9.17) is 16.1 Å². The Balaban J connectivity index is 1.53. The minimum absolute atomic E-state index is 0.229. The molecule has 0 atom stereocenters. The second kappa shape index (κ2) is 8.48. The highest BCUT2D eigenvalue weighted by atomic mass is 32.1. The van der Waals surface area contributed by atoms with Gasteiger partial charge in [-0.2, -0.15) is 0 Å². The Hall–Kier alpha value is -4.04. The van der Waals surface area contributed by atoms with Crippen molar-refractivity contribution in [2.45, 2.75) is 19.9 Å². The van der Waals surface area contributed by atoms with Crippen molar-refractivity contribution < 1.29 is 0 Å². The van der Waals surface area contributed by atoms with Gasteiger partial charge in [-0.3, -0.25) is 15.4 Å². The smallest absolute Gasteiger partial charge is 0.157 e. The number of thiophene rings is 1. The van der Waals surface area contributed by atoms with Crippen LogP contribution in [0.15, 0.2) is 66.6 Å². The lowest BCUT2D eigenvalue weighted by Gasteiger charge is -2.12. The predicted molar refractivity (Wildman–Crippen MR) is 136 cm³/mol. The number of benzene rings is 1. The first-order valence-electron chi connectivity index (χ1n) is 10.6. The van der Waals surface area contributed by atoms with Crippen LogP contribution < -0.4 is 11.1 Å². The van der Waals surface area contributed by atoms with Crippen molar-refractivity contribution >= 4 is 39.5 Å². The molecular weight excluding hydrogens is 430 g/mol. The van der Waals surface area contributed by atoms with Crippen LogP contribution in [0.25, 0.3) is 32.6 Å². The maximum Gasteiger partial charge on any atom is 0.157 e. The van der Waals surface area contributed by atoms with Gasteiger partial charge in [-0.25, -0.2) is 4.98 Å². The molecule has 4 aromatic heterocycles. The average Bonchev–Trinajstić information content (AvgIpc) is 3.49. The number of nitrogen functional groups attached to an aromatic ring is 1. The van der Waals surface area contributed by atoms with E-state index in [1.165, 1.54) is 0 Å². The zero-order chi connectivity index (χ0) is 22.9. The molecule has 0 amide bonds. The molecule has 164 valence electrons. The Morgan fingerprint density at radius 1 is 1.06 bits per heavy atom. The molecule has 0 saturated carbocycles. The van der Waals surface area contributed by atoms with Gasteiger partial charge in [-0.15, -0.1) is 11.3 Å². The Morgan fingerprint density at radius 3 is 2.70 bits per heavy atom. The van der Waals surface area contributed by atoms with Gasteiger partial charge in [-0.1, -0.05) is 12.1 Å². The molecule has 7 nitrogen and oxygen atoms in total. The zero-order valence-corrected chi connectivity index (χ0v) is 19.1. The summed E-state index contributed by atoms with van der Waals surface area (Å²) in [7, 11) is 0. The Morgan fingerprint density at radius 2 is 1.91 bits per heavy atom. The van der Waals surface area contributed by atoms with Crippen molar-refractivity contribution in [2.75, 3.05) is 11.1 Å². The van der Waals surface area contributed by atoms with E-state index in [0.29, 0.717) is 23.1 Å². The van der Waals surface area contributed by atoms with E-state index in [1.807, 2.05) is 54.2 Å². The molecule has 8 heteroatoms. The molecule has 5 N–H and O–H groups in total. The van der Waals surface area contributed by atoms with E-state index >= 15 is 0 Å². The number of nitrogens with one attached hydrogen (secondary N) is 3. The molecule has 4 heterocycles. The maximum absolute atomic E-state index is 8.86. The highest BCUT2D eigenvalue weighted by Gasteiger charge is 2.17. The van der Waals surface area contributed by atoms with Gasteiger partial charge in [0.25, 0.3) is 0 Å². The Bertz CT molecular complexity index is 1450. The molecule has 0 aliphatic rings. The molecule has 33 heavy (non-hydrogen) atoms. The molecule has 0 aliphatic carbocycles. The number of pyridine rings is 2. The summed E-state index contributed by atoms with van der Waals surface area (Å²) in [5.74, 6) is 0.452. The normalized spacial score (nSPS) is 11.2. The van der Waals surface area contributed by atoms with Crippen LogP contribution in [0.5, 0.6) is 0 Å². The summed E-state index contributed by atoms with van der Waals surface area (Å²) in [6, 6.07) is 12.1. The van der Waals surface area contributed by atoms with E-state index in [-0.39, 0.29) is 5.71 Å². The van der Waals surface area contributed by atoms with Gasteiger partial charge in [0.05, 0.1) is 17.4 Å². The van der Waals surface area contributed by atoms with Crippen LogP contribution in [0, 0.1) is 5.41 Å². The van der Waals surface area contributed by atoms with E-state index in [2.05, 4.69) is 34.1 Å². The third-order valence-electron chi connectivity index (χ3n) is 5.27. The van der Waals surface area contributed by atoms with Crippen molar-refractivity contribution in [3.63, 3.8) is 0 Å². The van der Waals surface area contributed by atoms with Crippen molar-refractivity contribution in [2.24, 2.45) is 0 Å². The first-order valence-corrected chi connectivity index (χ1v) is 11.5. The lowest BCUT2D eigenvalue weighted by Crippen LogP contribution is -2.10. The summed E-state index contributed by atoms with van der Waals surface area (Å²) in [4.78, 5) is 17.8. The van der Waals surface area contributed by atoms with Crippen molar-refractivity contribution in [1.29, 1.82) is 5.41 Å². The number of aromatic nitrogens is 4. The maximum atomic E-state index is 8.86. The van der Waals surface area contributed by atoms with Crippen LogP contribution >= 0.6 is 11.3 Å². The SMILES string of the molecule is CC(C)Nc1cncc(-c2ccc(N)c(C(=N)c3nc4c(-c5cccs5)cncc4[nH]3)c2)c1. The number of anilines is 2. The minimum atomic E-state index is 0.229. The zero-order valence-electron chi connectivity index (χ0n) is 18.3. The fraction of sp³-hybridized carbons (Fsp3) is 0.120. The van der Waals surface area contributed by atoms with E-state index < -0.39 is 0 Å². The molecular formula is C25H23N7S. The molecule has 0 radical (unpaired) electrons. The fourth-order valence-corrected chi connectivity index (χ4v) is 4.49. The molecule has 1 aromatic carbocycles. The van der Waals surface area contributed by atoms with Crippen LogP contribution in [0.2, 0.25) is 0 Å². The summed E-state index contributed by atoms with van der Waals surface area (Å²) in [5, 5.41) is 14.3. The first-order chi connectivity index (χ1) is 16.0. The summed E-state index contributed by atoms with van der Waals surface area (Å²) in [6.07, 6.45) is 7.15. The fourth-order valence-electron chi connectivity index (χ4n) is 3.75. The van der Waals surface area contributed by atoms with Crippen molar-refractivity contribution in [3.05, 3.63) is 78.0 Å². The number of H-pyrrole nitrogens is 1. The van der Waals surface area contributed by atoms with Crippen LogP contribution in [0.4, 0.5) is 11.4 Å². The molecule has 0 unspecified atom stereocenters. The van der Waals surface area contributed by atoms with Gasteiger partial charge >= 0.3 is 0 Å². The number of aromatic amines is 1. The van der Waals surface area contributed by atoms with Crippen molar-refractivity contribution in [1.82, 2.24) is 19.9 Å². The quantitative estimate of drug-likeness (QED) is 0.198. The number of rotatable bonds is 6. The second-order valence-corrected chi connectivity index (χ2v) is 9.03. The summed E-state index contributed by atoms with van der Waals surface area (Å²) in [5.41, 5.74) is 13.0. The van der Waals surface area contributed by atoms with Crippen LogP contribution in [0.3, 0.4) is 0 Å². The summed E-state index contributed by atoms with van der Waals surface area (Å²) >= 11 is 1.63. The van der Waals surface area contributed by atoms with Crippen LogP contribution in [-0.2, 0) is 0 Å². The monoisotopic (exact) mass is 453 g/mol. The number of hydrogen-bond acceptors (Lipinski definition) is 7. The van der Waals surface area contributed by atoms with Gasteiger partial charge < -0.3 is 16.0 Å². The molecule has 0 bridgehead atoms. The minimum Gasteiger partial charge on any atom is -0.398 e. The average molecular weight is 454 g/mol. The lowest BCUT2D eigenvalue weighted by molar-refractivity contribution is 0.898. The Labute approximate surface area is 195 Å². The summed E-state index contributed by atoms with van der Waals surface area (Å²) < 4.78 is 0. The molecule has 5 rings (SSSR count). The van der Waals surface area contributed by atoms with Crippen molar-refractivity contribution in [3.8, 4) is 21.6 Å². The van der Waals surface area contributed by atoms with Gasteiger partial charge in [0.1, 0.15) is 11.2 Å². The number of nitrogens with two attached hydrogens (primary N) is 1. The van der Waals surface area contributed by atoms with E-state index in [0.717, 1.165) is 38.3 Å². The number of imidazole rings is 1. The predicted octanol–water partition coefficient (Wildman–Crippen LogP) is 5.57. The standard InChI is InChI=1S/C25H23N7S/c1-14(2)30-17-8-16(10-28-11-17)15-5-6-20(26)18(9-15)23(27)25-31-21-13-29-12-19(24(21)32-25)22-4-3-7-33-22/h3-14,27,30H,26H2,1-2H3,(H,31,32). The van der Waals surface area contributed by atoms with Gasteiger partial charge in [-0.05, 0) is 49.1 Å². The lowest BCUT2D eigenvalue weighted by atomic mass is 10.00. The number of fused-ring (bicyclic) bond motifs is 1. The molecule has 0 saturated heterocycles. The second-order valence-electron chi connectivity index (χ2n) is 8.08. The van der Waals surface area contributed by atoms with Gasteiger partial charge in [0, 0.05) is 51.9 Å². The summed E-state index contributed by atoms with van der Waals surface area (Å²) in [6.45, 7) is 4.17. The van der Waals surface area contributed by atoms with E-state index in [9.17, 15) is 0 Å². The largest absolute Gasteiger partial charge is 0.398 e. The molecule has 5 aromatic rings. The topological polar surface area (TPSA) is 116 Å². The molecule has 0 spiro atoms. The Kier molecular flexibility index (Phi) is 5.35. The van der Waals surface area contributed by atoms with Gasteiger partial charge in [0.2, 0.25) is 0 Å². The third-order valence-corrected chi connectivity index (χ3v) is 6.17. The molecule has 0 aliphatic heterocycles. The van der Waals surface area contributed by atoms with Gasteiger partial charge in [0.15, 0.2) is 5.82 Å². The van der Waals surface area contributed by atoms with Crippen LogP contribution in [-0.4, -0.2) is 31.7 Å². The highest BCUT2D eigenvalue weighted by molar-refractivity contribution is 7.13. The number of hydrogen-bond donors (Lipinski definition) is 4. The van der Waals surface area contributed by atoms with E-state index in [1.54, 1.807) is 23.7 Å². The number of nitrogens with zero attached hydrogens (tertiary/aromatic N) is 3. The first kappa shape index (κ1) is 20.8. The van der Waals surface area contributed by atoms with Crippen LogP contribution in [0.1, 0.15) is 25.2 Å². The molecule has 0 fully saturated rings. The highest BCUT2D eigenvalue weighted by Crippen LogP contribution is 2.31.